The molecule has 1 aliphatic rings. The molecule has 0 atom stereocenters. The minimum absolute atomic E-state index is 0.669. The summed E-state index contributed by atoms with van der Waals surface area (Å²) in [7, 11) is 2.18. The molecule has 7 aromatic rings. The number of aryl methyl sites for hydroxylation is 1. The quantitative estimate of drug-likeness (QED) is 0.233. The highest BCUT2D eigenvalue weighted by Crippen LogP contribution is 2.41. The van der Waals surface area contributed by atoms with Crippen molar-refractivity contribution in [1.29, 1.82) is 0 Å². The average molecular weight is 491 g/mol. The standard InChI is InChI=1S/C36H30N2/c1-37-32-15-7-4-14-29(32)31-23-26(19-20-33(31)37)30-22-25(24-10-2-3-11-24)18-21-36(30)38-34-16-8-5-12-27(34)28-13-6-9-17-35(28)38/h4-9,12-24H,2-3,10-11H2,1H3. The van der Waals surface area contributed by atoms with Gasteiger partial charge in [-0.15, -0.1) is 0 Å². The Kier molecular flexibility index (Phi) is 4.79. The number of rotatable bonds is 3. The molecule has 5 aromatic carbocycles. The topological polar surface area (TPSA) is 9.86 Å². The number of para-hydroxylation sites is 3. The summed E-state index contributed by atoms with van der Waals surface area (Å²) in [5, 5.41) is 5.24. The number of hydrogen-bond acceptors (Lipinski definition) is 0. The van der Waals surface area contributed by atoms with E-state index in [2.05, 4.69) is 125 Å². The molecule has 38 heavy (non-hydrogen) atoms. The zero-order valence-electron chi connectivity index (χ0n) is 21.7. The Bertz CT molecular complexity index is 1940. The fourth-order valence-electron chi connectivity index (χ4n) is 7.01. The predicted octanol–water partition coefficient (Wildman–Crippen LogP) is 9.75. The van der Waals surface area contributed by atoms with E-state index in [9.17, 15) is 0 Å². The van der Waals surface area contributed by atoms with Crippen molar-refractivity contribution in [3.63, 3.8) is 0 Å². The molecule has 2 aromatic heterocycles. The summed E-state index contributed by atoms with van der Waals surface area (Å²) in [5.74, 6) is 0.669. The molecule has 0 bridgehead atoms. The Morgan fingerprint density at radius 2 is 1.13 bits per heavy atom. The molecule has 0 amide bonds. The van der Waals surface area contributed by atoms with Gasteiger partial charge in [-0.3, -0.25) is 0 Å². The molecular formula is C36H30N2. The Balaban J connectivity index is 1.44. The highest BCUT2D eigenvalue weighted by Gasteiger charge is 2.21. The molecule has 0 saturated heterocycles. The lowest BCUT2D eigenvalue weighted by atomic mass is 9.92. The minimum atomic E-state index is 0.669. The first-order valence-electron chi connectivity index (χ1n) is 13.9. The molecule has 0 radical (unpaired) electrons. The summed E-state index contributed by atoms with van der Waals surface area (Å²) in [4.78, 5) is 0. The second-order valence-electron chi connectivity index (χ2n) is 10.9. The van der Waals surface area contributed by atoms with E-state index in [0.29, 0.717) is 5.92 Å². The van der Waals surface area contributed by atoms with Crippen molar-refractivity contribution >= 4 is 43.6 Å². The number of hydrogen-bond donors (Lipinski definition) is 0. The van der Waals surface area contributed by atoms with Crippen molar-refractivity contribution in [3.8, 4) is 16.8 Å². The van der Waals surface area contributed by atoms with Crippen LogP contribution in [0.15, 0.2) is 109 Å². The smallest absolute Gasteiger partial charge is 0.0541 e. The maximum absolute atomic E-state index is 2.50. The zero-order chi connectivity index (χ0) is 25.2. The Labute approximate surface area is 222 Å². The summed E-state index contributed by atoms with van der Waals surface area (Å²) < 4.78 is 4.79. The molecule has 184 valence electrons. The van der Waals surface area contributed by atoms with E-state index < -0.39 is 0 Å². The molecule has 8 rings (SSSR count). The van der Waals surface area contributed by atoms with Gasteiger partial charge in [-0.05, 0) is 72.4 Å². The molecule has 1 fully saturated rings. The van der Waals surface area contributed by atoms with Crippen LogP contribution in [0, 0.1) is 0 Å². The van der Waals surface area contributed by atoms with Crippen LogP contribution in [0.25, 0.3) is 60.4 Å². The summed E-state index contributed by atoms with van der Waals surface area (Å²) in [6.07, 6.45) is 5.29. The molecular weight excluding hydrogens is 460 g/mol. The van der Waals surface area contributed by atoms with E-state index in [4.69, 9.17) is 0 Å². The van der Waals surface area contributed by atoms with E-state index in [1.54, 1.807) is 0 Å². The average Bonchev–Trinajstić information content (AvgIpc) is 3.69. The van der Waals surface area contributed by atoms with Gasteiger partial charge in [0.1, 0.15) is 0 Å². The first-order chi connectivity index (χ1) is 18.8. The van der Waals surface area contributed by atoms with Crippen molar-refractivity contribution in [3.05, 3.63) is 115 Å². The van der Waals surface area contributed by atoms with Gasteiger partial charge in [-0.2, -0.15) is 0 Å². The van der Waals surface area contributed by atoms with Crippen LogP contribution in [0.4, 0.5) is 0 Å². The van der Waals surface area contributed by atoms with Gasteiger partial charge in [0.2, 0.25) is 0 Å². The van der Waals surface area contributed by atoms with Crippen molar-refractivity contribution in [1.82, 2.24) is 9.13 Å². The maximum Gasteiger partial charge on any atom is 0.0541 e. The SMILES string of the molecule is Cn1c2ccccc2c2cc(-c3cc(C4CCCC4)ccc3-n3c4ccccc4c4ccccc43)ccc21. The summed E-state index contributed by atoms with van der Waals surface area (Å²) in [5.41, 5.74) is 10.4. The molecule has 0 N–H and O–H groups in total. The van der Waals surface area contributed by atoms with Gasteiger partial charge in [0, 0.05) is 45.2 Å². The largest absolute Gasteiger partial charge is 0.344 e. The monoisotopic (exact) mass is 490 g/mol. The predicted molar refractivity (Wildman–Crippen MR) is 161 cm³/mol. The third-order valence-corrected chi connectivity index (χ3v) is 8.89. The first kappa shape index (κ1) is 21.8. The third kappa shape index (κ3) is 3.13. The number of benzene rings is 5. The van der Waals surface area contributed by atoms with Gasteiger partial charge in [-0.1, -0.05) is 79.6 Å². The van der Waals surface area contributed by atoms with Crippen LogP contribution in [-0.2, 0) is 7.05 Å². The molecule has 2 heteroatoms. The molecule has 2 heterocycles. The van der Waals surface area contributed by atoms with Crippen LogP contribution in [0.3, 0.4) is 0 Å². The second kappa shape index (κ2) is 8.36. The van der Waals surface area contributed by atoms with Gasteiger partial charge in [0.15, 0.2) is 0 Å². The van der Waals surface area contributed by atoms with Crippen molar-refractivity contribution < 1.29 is 0 Å². The zero-order valence-corrected chi connectivity index (χ0v) is 21.7. The Hall–Kier alpha value is -4.30. The van der Waals surface area contributed by atoms with Gasteiger partial charge in [0.05, 0.1) is 16.7 Å². The van der Waals surface area contributed by atoms with Gasteiger partial charge in [0.25, 0.3) is 0 Å². The maximum atomic E-state index is 2.50. The van der Waals surface area contributed by atoms with Gasteiger partial charge in [-0.25, -0.2) is 0 Å². The lowest BCUT2D eigenvalue weighted by Crippen LogP contribution is -2.00. The molecule has 0 unspecified atom stereocenters. The fourth-order valence-corrected chi connectivity index (χ4v) is 7.01. The number of aromatic nitrogens is 2. The fraction of sp³-hybridized carbons (Fsp3) is 0.167. The second-order valence-corrected chi connectivity index (χ2v) is 10.9. The van der Waals surface area contributed by atoms with Crippen LogP contribution in [0.2, 0.25) is 0 Å². The van der Waals surface area contributed by atoms with Crippen LogP contribution in [-0.4, -0.2) is 9.13 Å². The normalized spacial score (nSPS) is 14.4. The first-order valence-corrected chi connectivity index (χ1v) is 13.9. The van der Waals surface area contributed by atoms with E-state index in [0.717, 1.165) is 0 Å². The van der Waals surface area contributed by atoms with E-state index in [-0.39, 0.29) is 0 Å². The molecule has 0 spiro atoms. The minimum Gasteiger partial charge on any atom is -0.344 e. The van der Waals surface area contributed by atoms with Crippen molar-refractivity contribution in [2.24, 2.45) is 7.05 Å². The van der Waals surface area contributed by atoms with Crippen LogP contribution in [0.5, 0.6) is 0 Å². The summed E-state index contributed by atoms with van der Waals surface area (Å²) in [6, 6.07) is 40.7. The van der Waals surface area contributed by atoms with Crippen LogP contribution < -0.4 is 0 Å². The molecule has 1 aliphatic carbocycles. The molecule has 0 aliphatic heterocycles. The summed E-state index contributed by atoms with van der Waals surface area (Å²) in [6.45, 7) is 0. The Morgan fingerprint density at radius 3 is 1.82 bits per heavy atom. The highest BCUT2D eigenvalue weighted by atomic mass is 15.0. The Morgan fingerprint density at radius 1 is 0.553 bits per heavy atom. The lowest BCUT2D eigenvalue weighted by Gasteiger charge is -2.18. The van der Waals surface area contributed by atoms with E-state index in [1.165, 1.54) is 91.7 Å². The highest BCUT2D eigenvalue weighted by molar-refractivity contribution is 6.11. The van der Waals surface area contributed by atoms with Crippen LogP contribution in [0.1, 0.15) is 37.2 Å². The number of fused-ring (bicyclic) bond motifs is 6. The third-order valence-electron chi connectivity index (χ3n) is 8.89. The molecule has 1 saturated carbocycles. The van der Waals surface area contributed by atoms with Gasteiger partial charge < -0.3 is 9.13 Å². The van der Waals surface area contributed by atoms with Crippen molar-refractivity contribution in [2.45, 2.75) is 31.6 Å². The van der Waals surface area contributed by atoms with Crippen LogP contribution >= 0.6 is 0 Å². The van der Waals surface area contributed by atoms with E-state index in [1.807, 2.05) is 0 Å². The summed E-state index contributed by atoms with van der Waals surface area (Å²) >= 11 is 0. The molecule has 2 nitrogen and oxygen atoms in total. The lowest BCUT2D eigenvalue weighted by molar-refractivity contribution is 0.723. The van der Waals surface area contributed by atoms with Gasteiger partial charge >= 0.3 is 0 Å². The van der Waals surface area contributed by atoms with Crippen molar-refractivity contribution in [2.75, 3.05) is 0 Å². The van der Waals surface area contributed by atoms with E-state index >= 15 is 0 Å². The number of nitrogens with zero attached hydrogens (tertiary/aromatic N) is 2.